The summed E-state index contributed by atoms with van der Waals surface area (Å²) in [6.45, 7) is -0.955. The van der Waals surface area contributed by atoms with Crippen LogP contribution in [0.3, 0.4) is 0 Å². The molecule has 12 nitrogen and oxygen atoms in total. The zero-order valence-electron chi connectivity index (χ0n) is 23.8. The lowest BCUT2D eigenvalue weighted by molar-refractivity contribution is -0.141. The quantitative estimate of drug-likeness (QED) is 0.243. The molecule has 0 saturated carbocycles. The molecule has 6 N–H and O–H groups in total. The SMILES string of the molecule is O=C1CCC(=O)Nc2ccc(cc2)C[C@@H](C(=O)O)NC(=O)CNC(=O)[C@@H](Cc2ccc(-c3ccccc3)cc2)NC(=O)CN1. The molecule has 3 aromatic rings. The molecule has 228 valence electrons. The van der Waals surface area contributed by atoms with Gasteiger partial charge in [-0.05, 0) is 34.4 Å². The first-order chi connectivity index (χ1) is 21.2. The summed E-state index contributed by atoms with van der Waals surface area (Å²) in [7, 11) is 0. The Morgan fingerprint density at radius 2 is 1.30 bits per heavy atom. The van der Waals surface area contributed by atoms with Gasteiger partial charge in [0.2, 0.25) is 29.5 Å². The largest absolute Gasteiger partial charge is 0.480 e. The van der Waals surface area contributed by atoms with Crippen LogP contribution in [0.1, 0.15) is 24.0 Å². The second-order valence-corrected chi connectivity index (χ2v) is 10.3. The minimum absolute atomic E-state index is 0.0406. The van der Waals surface area contributed by atoms with E-state index in [1.54, 1.807) is 24.3 Å². The molecule has 12 heteroatoms. The number of aliphatic carboxylic acids is 1. The van der Waals surface area contributed by atoms with E-state index in [2.05, 4.69) is 26.6 Å². The number of nitrogens with one attached hydrogen (secondary N) is 5. The molecule has 5 rings (SSSR count). The van der Waals surface area contributed by atoms with E-state index in [-0.39, 0.29) is 25.7 Å². The third-order valence-electron chi connectivity index (χ3n) is 6.91. The number of benzene rings is 3. The molecule has 5 amide bonds. The van der Waals surface area contributed by atoms with E-state index in [0.717, 1.165) is 16.7 Å². The van der Waals surface area contributed by atoms with Gasteiger partial charge < -0.3 is 31.7 Å². The highest BCUT2D eigenvalue weighted by molar-refractivity contribution is 5.95. The first-order valence-electron chi connectivity index (χ1n) is 14.1. The molecule has 3 aromatic carbocycles. The maximum Gasteiger partial charge on any atom is 0.326 e. The van der Waals surface area contributed by atoms with Gasteiger partial charge in [-0.15, -0.1) is 0 Å². The van der Waals surface area contributed by atoms with Crippen LogP contribution >= 0.6 is 0 Å². The van der Waals surface area contributed by atoms with Crippen molar-refractivity contribution < 1.29 is 33.9 Å². The monoisotopic (exact) mass is 599 g/mol. The van der Waals surface area contributed by atoms with Crippen molar-refractivity contribution in [1.82, 2.24) is 21.3 Å². The normalized spacial score (nSPS) is 19.0. The summed E-state index contributed by atoms with van der Waals surface area (Å²) in [5, 5.41) is 22.2. The van der Waals surface area contributed by atoms with Gasteiger partial charge in [0.25, 0.3) is 0 Å². The van der Waals surface area contributed by atoms with E-state index in [4.69, 9.17) is 0 Å². The molecule has 0 radical (unpaired) electrons. The Morgan fingerprint density at radius 1 is 0.682 bits per heavy atom. The summed E-state index contributed by atoms with van der Waals surface area (Å²) in [5.41, 5.74) is 3.74. The molecule has 2 bridgehead atoms. The minimum Gasteiger partial charge on any atom is -0.480 e. The van der Waals surface area contributed by atoms with E-state index >= 15 is 0 Å². The van der Waals surface area contributed by atoms with Crippen LogP contribution in [0.2, 0.25) is 0 Å². The van der Waals surface area contributed by atoms with Gasteiger partial charge in [-0.3, -0.25) is 24.0 Å². The van der Waals surface area contributed by atoms with Crippen LogP contribution in [0.25, 0.3) is 11.1 Å². The zero-order chi connectivity index (χ0) is 31.5. The molecule has 0 aromatic heterocycles. The molecule has 0 aliphatic carbocycles. The van der Waals surface area contributed by atoms with Crippen molar-refractivity contribution in [2.45, 2.75) is 37.8 Å². The van der Waals surface area contributed by atoms with Crippen LogP contribution in [0.15, 0.2) is 78.9 Å². The number of carboxylic acid groups (broad SMARTS) is 1. The lowest BCUT2D eigenvalue weighted by Gasteiger charge is -2.20. The Morgan fingerprint density at radius 3 is 1.98 bits per heavy atom. The minimum atomic E-state index is -1.27. The van der Waals surface area contributed by atoms with Crippen molar-refractivity contribution in [3.05, 3.63) is 90.0 Å². The van der Waals surface area contributed by atoms with Gasteiger partial charge in [-0.2, -0.15) is 0 Å². The molecule has 0 fully saturated rings. The Kier molecular flexibility index (Phi) is 10.8. The first kappa shape index (κ1) is 31.4. The molecule has 2 aliphatic heterocycles. The van der Waals surface area contributed by atoms with E-state index in [0.29, 0.717) is 11.3 Å². The Balaban J connectivity index is 1.49. The van der Waals surface area contributed by atoms with E-state index in [1.807, 2.05) is 54.6 Å². The van der Waals surface area contributed by atoms with Crippen LogP contribution in [0, 0.1) is 0 Å². The van der Waals surface area contributed by atoms with Crippen molar-refractivity contribution >= 4 is 41.2 Å². The fraction of sp³-hybridized carbons (Fsp3) is 0.250. The highest BCUT2D eigenvalue weighted by atomic mass is 16.4. The summed E-state index contributed by atoms with van der Waals surface area (Å²) in [4.78, 5) is 74.9. The number of carbonyl (C=O) groups is 6. The van der Waals surface area contributed by atoms with E-state index in [1.165, 1.54) is 0 Å². The van der Waals surface area contributed by atoms with E-state index in [9.17, 15) is 33.9 Å². The van der Waals surface area contributed by atoms with Crippen LogP contribution in [0.4, 0.5) is 5.69 Å². The van der Waals surface area contributed by atoms with Crippen molar-refractivity contribution in [3.63, 3.8) is 0 Å². The van der Waals surface area contributed by atoms with Crippen molar-refractivity contribution in [3.8, 4) is 11.1 Å². The number of rotatable bonds is 4. The molecule has 0 unspecified atom stereocenters. The summed E-state index contributed by atoms with van der Waals surface area (Å²) in [6, 6.07) is 21.1. The van der Waals surface area contributed by atoms with Gasteiger partial charge in [0.05, 0.1) is 13.1 Å². The summed E-state index contributed by atoms with van der Waals surface area (Å²) in [6.07, 6.45) is -0.258. The van der Waals surface area contributed by atoms with Gasteiger partial charge in [-0.25, -0.2) is 4.79 Å². The molecule has 2 aliphatic rings. The first-order valence-corrected chi connectivity index (χ1v) is 14.1. The second-order valence-electron chi connectivity index (χ2n) is 10.3. The van der Waals surface area contributed by atoms with E-state index < -0.39 is 60.7 Å². The number of amides is 5. The van der Waals surface area contributed by atoms with Crippen LogP contribution in [0.5, 0.6) is 0 Å². The molecule has 0 spiro atoms. The maximum atomic E-state index is 13.2. The summed E-state index contributed by atoms with van der Waals surface area (Å²) >= 11 is 0. The zero-order valence-corrected chi connectivity index (χ0v) is 23.8. The fourth-order valence-electron chi connectivity index (χ4n) is 4.57. The van der Waals surface area contributed by atoms with Crippen molar-refractivity contribution in [2.24, 2.45) is 0 Å². The summed E-state index contributed by atoms with van der Waals surface area (Å²) in [5.74, 6) is -4.26. The standard InChI is InChI=1S/C32H33N5O7/c38-27-14-15-28(39)35-24-12-8-21(9-13-24)17-26(32(43)44)37-30(41)19-34-31(42)25(36-29(40)18-33-27)16-20-6-10-23(11-7-20)22-4-2-1-3-5-22/h1-13,25-26H,14-19H2,(H,33,38)(H,34,42)(H,35,39)(H,36,40)(H,37,41)(H,43,44)/t25-,26+/m1/s1. The van der Waals surface area contributed by atoms with Crippen molar-refractivity contribution in [2.75, 3.05) is 18.4 Å². The van der Waals surface area contributed by atoms with Gasteiger partial charge in [0, 0.05) is 31.4 Å². The number of carboxylic acids is 1. The Bertz CT molecular complexity index is 1510. The number of hydrogen-bond acceptors (Lipinski definition) is 6. The molecule has 2 atom stereocenters. The third kappa shape index (κ3) is 9.51. The summed E-state index contributed by atoms with van der Waals surface area (Å²) < 4.78 is 0. The van der Waals surface area contributed by atoms with Crippen LogP contribution in [-0.2, 0) is 41.6 Å². The number of fused-ring (bicyclic) bond motifs is 18. The van der Waals surface area contributed by atoms with Gasteiger partial charge in [0.1, 0.15) is 12.1 Å². The fourth-order valence-corrected chi connectivity index (χ4v) is 4.57. The van der Waals surface area contributed by atoms with Gasteiger partial charge >= 0.3 is 5.97 Å². The maximum absolute atomic E-state index is 13.2. The predicted octanol–water partition coefficient (Wildman–Crippen LogP) is 1.16. The average molecular weight is 600 g/mol. The topological polar surface area (TPSA) is 183 Å². The molecular weight excluding hydrogens is 566 g/mol. The lowest BCUT2D eigenvalue weighted by atomic mass is 10.00. The molecule has 2 heterocycles. The third-order valence-corrected chi connectivity index (χ3v) is 6.91. The smallest absolute Gasteiger partial charge is 0.326 e. The molecule has 44 heavy (non-hydrogen) atoms. The van der Waals surface area contributed by atoms with Crippen LogP contribution < -0.4 is 26.6 Å². The van der Waals surface area contributed by atoms with Gasteiger partial charge in [-0.1, -0.05) is 66.7 Å². The molecular formula is C32H33N5O7. The number of carbonyl (C=O) groups excluding carboxylic acids is 5. The molecule has 0 saturated heterocycles. The van der Waals surface area contributed by atoms with Crippen molar-refractivity contribution in [1.29, 1.82) is 0 Å². The lowest BCUT2D eigenvalue weighted by Crippen LogP contribution is -2.53. The average Bonchev–Trinajstić information content (AvgIpc) is 3.02. The Hall–Kier alpha value is -5.52. The predicted molar refractivity (Wildman–Crippen MR) is 161 cm³/mol. The highest BCUT2D eigenvalue weighted by Gasteiger charge is 2.24. The second kappa shape index (κ2) is 15.1. The Labute approximate surface area is 253 Å². The highest BCUT2D eigenvalue weighted by Crippen LogP contribution is 2.20. The number of anilines is 1. The van der Waals surface area contributed by atoms with Gasteiger partial charge in [0.15, 0.2) is 0 Å². The number of hydrogen-bond donors (Lipinski definition) is 6. The van der Waals surface area contributed by atoms with Crippen LogP contribution in [-0.4, -0.2) is 65.8 Å².